The SMILES string of the molecule is Cc1c(CN2CCNC2=O)sc2c1c(=O)n(C1(C)CC1)c(=O)n2CC1CCCO1. The van der Waals surface area contributed by atoms with Gasteiger partial charge in [0.15, 0.2) is 0 Å². The van der Waals surface area contributed by atoms with Crippen molar-refractivity contribution in [2.75, 3.05) is 19.7 Å². The van der Waals surface area contributed by atoms with Crippen LogP contribution in [0.15, 0.2) is 9.59 Å². The minimum absolute atomic E-state index is 0.00378. The highest BCUT2D eigenvalue weighted by Crippen LogP contribution is 2.41. The molecule has 0 spiro atoms. The average Bonchev–Trinajstić information content (AvgIpc) is 3.06. The van der Waals surface area contributed by atoms with E-state index < -0.39 is 0 Å². The van der Waals surface area contributed by atoms with Crippen LogP contribution in [-0.2, 0) is 23.4 Å². The molecule has 1 N–H and O–H groups in total. The molecule has 2 aromatic rings. The van der Waals surface area contributed by atoms with Crippen molar-refractivity contribution in [2.24, 2.45) is 0 Å². The summed E-state index contributed by atoms with van der Waals surface area (Å²) < 4.78 is 9.01. The summed E-state index contributed by atoms with van der Waals surface area (Å²) in [5.41, 5.74) is 0.0716. The van der Waals surface area contributed by atoms with Crippen molar-refractivity contribution in [3.05, 3.63) is 31.3 Å². The number of hydrogen-bond donors (Lipinski definition) is 1. The molecule has 2 amide bonds. The van der Waals surface area contributed by atoms with Gasteiger partial charge < -0.3 is 15.0 Å². The summed E-state index contributed by atoms with van der Waals surface area (Å²) in [6, 6.07) is -0.0819. The Balaban J connectivity index is 1.68. The number of ether oxygens (including phenoxy) is 1. The van der Waals surface area contributed by atoms with Crippen LogP contribution in [0.3, 0.4) is 0 Å². The normalized spacial score (nSPS) is 23.2. The van der Waals surface area contributed by atoms with E-state index in [-0.39, 0.29) is 28.9 Å². The van der Waals surface area contributed by atoms with Gasteiger partial charge in [-0.25, -0.2) is 9.59 Å². The van der Waals surface area contributed by atoms with Gasteiger partial charge in [-0.15, -0.1) is 11.3 Å². The smallest absolute Gasteiger partial charge is 0.332 e. The zero-order valence-corrected chi connectivity index (χ0v) is 17.6. The van der Waals surface area contributed by atoms with Crippen molar-refractivity contribution in [1.82, 2.24) is 19.4 Å². The number of urea groups is 1. The first-order valence-electron chi connectivity index (χ1n) is 10.3. The third-order valence-corrected chi connectivity index (χ3v) is 7.81. The first-order chi connectivity index (χ1) is 13.9. The van der Waals surface area contributed by atoms with Crippen molar-refractivity contribution in [3.8, 4) is 0 Å². The lowest BCUT2D eigenvalue weighted by Gasteiger charge is -2.18. The molecule has 3 fully saturated rings. The van der Waals surface area contributed by atoms with Gasteiger partial charge in [0, 0.05) is 24.6 Å². The Kier molecular flexibility index (Phi) is 4.36. The van der Waals surface area contributed by atoms with Gasteiger partial charge in [-0.2, -0.15) is 0 Å². The number of thiophene rings is 1. The molecule has 0 radical (unpaired) electrons. The summed E-state index contributed by atoms with van der Waals surface area (Å²) in [5.74, 6) is 0. The van der Waals surface area contributed by atoms with Crippen LogP contribution in [0.25, 0.3) is 10.2 Å². The number of nitrogens with zero attached hydrogens (tertiary/aromatic N) is 3. The monoisotopic (exact) mass is 418 g/mol. The number of carbonyl (C=O) groups is 1. The van der Waals surface area contributed by atoms with Crippen LogP contribution in [0, 0.1) is 6.92 Å². The molecule has 2 aliphatic heterocycles. The van der Waals surface area contributed by atoms with Gasteiger partial charge in [0.2, 0.25) is 0 Å². The molecule has 156 valence electrons. The minimum atomic E-state index is -0.385. The quantitative estimate of drug-likeness (QED) is 0.802. The molecule has 1 aliphatic carbocycles. The second kappa shape index (κ2) is 6.70. The lowest BCUT2D eigenvalue weighted by molar-refractivity contribution is 0.0964. The number of nitrogens with one attached hydrogen (secondary N) is 1. The Hall–Kier alpha value is -2.13. The van der Waals surface area contributed by atoms with Crippen LogP contribution in [0.1, 0.15) is 43.0 Å². The van der Waals surface area contributed by atoms with E-state index in [9.17, 15) is 14.4 Å². The summed E-state index contributed by atoms with van der Waals surface area (Å²) in [7, 11) is 0. The van der Waals surface area contributed by atoms with Crippen molar-refractivity contribution >= 4 is 27.6 Å². The highest BCUT2D eigenvalue weighted by atomic mass is 32.1. The van der Waals surface area contributed by atoms with Gasteiger partial charge in [-0.1, -0.05) is 0 Å². The molecule has 5 rings (SSSR count). The molecule has 29 heavy (non-hydrogen) atoms. The topological polar surface area (TPSA) is 85.6 Å². The fourth-order valence-electron chi connectivity index (χ4n) is 4.41. The molecule has 2 aromatic heterocycles. The van der Waals surface area contributed by atoms with Crippen LogP contribution in [0.5, 0.6) is 0 Å². The zero-order valence-electron chi connectivity index (χ0n) is 16.8. The molecule has 8 nitrogen and oxygen atoms in total. The fourth-order valence-corrected chi connectivity index (χ4v) is 5.73. The lowest BCUT2D eigenvalue weighted by atomic mass is 10.2. The highest BCUT2D eigenvalue weighted by Gasteiger charge is 2.43. The number of amides is 2. The highest BCUT2D eigenvalue weighted by molar-refractivity contribution is 7.18. The summed E-state index contributed by atoms with van der Waals surface area (Å²) in [5, 5.41) is 3.44. The van der Waals surface area contributed by atoms with E-state index >= 15 is 0 Å². The van der Waals surface area contributed by atoms with Crippen molar-refractivity contribution in [3.63, 3.8) is 0 Å². The Morgan fingerprint density at radius 2 is 2.07 bits per heavy atom. The number of carbonyl (C=O) groups excluding carboxylic acids is 1. The van der Waals surface area contributed by atoms with Crippen molar-refractivity contribution in [1.29, 1.82) is 0 Å². The second-order valence-electron chi connectivity index (χ2n) is 8.65. The van der Waals surface area contributed by atoms with E-state index in [0.29, 0.717) is 36.4 Å². The molecular formula is C20H26N4O4S. The molecule has 0 aromatic carbocycles. The lowest BCUT2D eigenvalue weighted by Crippen LogP contribution is -2.45. The largest absolute Gasteiger partial charge is 0.376 e. The number of aryl methyl sites for hydroxylation is 1. The number of rotatable bonds is 5. The Morgan fingerprint density at radius 3 is 2.69 bits per heavy atom. The van der Waals surface area contributed by atoms with E-state index in [4.69, 9.17) is 4.74 Å². The maximum Gasteiger partial charge on any atom is 0.332 e. The van der Waals surface area contributed by atoms with Crippen molar-refractivity contribution in [2.45, 2.75) is 64.3 Å². The van der Waals surface area contributed by atoms with Gasteiger partial charge in [-0.05, 0) is 45.1 Å². The number of aromatic nitrogens is 2. The molecular weight excluding hydrogens is 392 g/mol. The fraction of sp³-hybridized carbons (Fsp3) is 0.650. The first kappa shape index (κ1) is 18.9. The third kappa shape index (κ3) is 3.02. The predicted octanol–water partition coefficient (Wildman–Crippen LogP) is 1.75. The van der Waals surface area contributed by atoms with E-state index in [1.165, 1.54) is 15.9 Å². The third-order valence-electron chi connectivity index (χ3n) is 6.51. The summed E-state index contributed by atoms with van der Waals surface area (Å²) in [6.07, 6.45) is 3.62. The van der Waals surface area contributed by atoms with Crippen LogP contribution in [0.2, 0.25) is 0 Å². The number of fused-ring (bicyclic) bond motifs is 1. The molecule has 0 bridgehead atoms. The molecule has 1 saturated carbocycles. The predicted molar refractivity (Wildman–Crippen MR) is 111 cm³/mol. The summed E-state index contributed by atoms with van der Waals surface area (Å²) in [6.45, 7) is 6.85. The molecule has 9 heteroatoms. The summed E-state index contributed by atoms with van der Waals surface area (Å²) in [4.78, 5) is 42.2. The molecule has 1 atom stereocenters. The zero-order chi connectivity index (χ0) is 20.3. The Bertz CT molecular complexity index is 1100. The first-order valence-corrected chi connectivity index (χ1v) is 11.1. The maximum absolute atomic E-state index is 13.4. The summed E-state index contributed by atoms with van der Waals surface area (Å²) >= 11 is 1.46. The maximum atomic E-state index is 13.4. The van der Waals surface area contributed by atoms with E-state index in [1.807, 2.05) is 13.8 Å². The van der Waals surface area contributed by atoms with Gasteiger partial charge >= 0.3 is 11.7 Å². The standard InChI is InChI=1S/C20H26N4O4S/c1-12-14(11-22-8-7-21-18(22)26)29-17-15(12)16(25)24(20(2)5-6-20)19(27)23(17)10-13-4-3-9-28-13/h13H,3-11H2,1-2H3,(H,21,26). The molecule has 1 unspecified atom stereocenters. The molecule has 3 aliphatic rings. The van der Waals surface area contributed by atoms with Crippen LogP contribution in [-0.4, -0.2) is 45.9 Å². The average molecular weight is 419 g/mol. The van der Waals surface area contributed by atoms with Crippen LogP contribution in [0.4, 0.5) is 4.79 Å². The van der Waals surface area contributed by atoms with Gasteiger partial charge in [0.25, 0.3) is 5.56 Å². The van der Waals surface area contributed by atoms with E-state index in [1.54, 1.807) is 9.47 Å². The van der Waals surface area contributed by atoms with Crippen LogP contribution >= 0.6 is 11.3 Å². The van der Waals surface area contributed by atoms with Gasteiger partial charge in [0.1, 0.15) is 4.83 Å². The van der Waals surface area contributed by atoms with Crippen molar-refractivity contribution < 1.29 is 9.53 Å². The molecule has 4 heterocycles. The minimum Gasteiger partial charge on any atom is -0.376 e. The second-order valence-corrected chi connectivity index (χ2v) is 9.73. The van der Waals surface area contributed by atoms with E-state index in [0.717, 1.165) is 42.7 Å². The van der Waals surface area contributed by atoms with Gasteiger partial charge in [0.05, 0.1) is 30.1 Å². The Morgan fingerprint density at radius 1 is 1.28 bits per heavy atom. The molecule has 2 saturated heterocycles. The van der Waals surface area contributed by atoms with Crippen LogP contribution < -0.4 is 16.6 Å². The number of hydrogen-bond acceptors (Lipinski definition) is 5. The van der Waals surface area contributed by atoms with E-state index in [2.05, 4.69) is 5.32 Å². The van der Waals surface area contributed by atoms with Gasteiger partial charge in [-0.3, -0.25) is 13.9 Å². The Labute approximate surface area is 172 Å².